The van der Waals surface area contributed by atoms with Crippen LogP contribution in [0.25, 0.3) is 11.1 Å². The minimum Gasteiger partial charge on any atom is -0.423 e. The van der Waals surface area contributed by atoms with Crippen LogP contribution in [0.5, 0.6) is 0 Å². The molecule has 106 valence electrons. The van der Waals surface area contributed by atoms with Gasteiger partial charge >= 0.3 is 0 Å². The molecule has 0 unspecified atom stereocenters. The summed E-state index contributed by atoms with van der Waals surface area (Å²) in [7, 11) is 0. The Labute approximate surface area is 117 Å². The largest absolute Gasteiger partial charge is 0.423 e. The molecule has 4 rings (SSSR count). The van der Waals surface area contributed by atoms with E-state index in [0.717, 1.165) is 56.3 Å². The molecule has 0 bridgehead atoms. The van der Waals surface area contributed by atoms with Crippen molar-refractivity contribution in [3.63, 3.8) is 0 Å². The van der Waals surface area contributed by atoms with Crippen molar-refractivity contribution in [2.45, 2.75) is 19.1 Å². The molecule has 2 saturated heterocycles. The van der Waals surface area contributed by atoms with Crippen molar-refractivity contribution in [3.05, 3.63) is 24.3 Å². The van der Waals surface area contributed by atoms with Gasteiger partial charge in [-0.25, -0.2) is 0 Å². The highest BCUT2D eigenvalue weighted by atomic mass is 16.7. The van der Waals surface area contributed by atoms with Gasteiger partial charge in [-0.3, -0.25) is 0 Å². The molecule has 0 spiro atoms. The van der Waals surface area contributed by atoms with Crippen molar-refractivity contribution in [2.75, 3.05) is 31.2 Å². The number of ether oxygens (including phenoxy) is 2. The minimum atomic E-state index is 0.000724. The first kappa shape index (κ1) is 12.2. The zero-order valence-electron chi connectivity index (χ0n) is 11.3. The normalized spacial score (nSPS) is 21.9. The summed E-state index contributed by atoms with van der Waals surface area (Å²) in [5, 5.41) is 0. The maximum Gasteiger partial charge on any atom is 0.298 e. The topological polar surface area (TPSA) is 47.7 Å². The Balaban J connectivity index is 1.45. The molecule has 1 aromatic heterocycles. The summed E-state index contributed by atoms with van der Waals surface area (Å²) in [6.45, 7) is 3.35. The van der Waals surface area contributed by atoms with E-state index in [1.807, 2.05) is 24.3 Å². The van der Waals surface area contributed by atoms with E-state index in [0.29, 0.717) is 5.92 Å². The predicted octanol–water partition coefficient (Wildman–Crippen LogP) is 2.42. The number of oxazole rings is 1. The van der Waals surface area contributed by atoms with Gasteiger partial charge in [-0.05, 0) is 25.0 Å². The summed E-state index contributed by atoms with van der Waals surface area (Å²) in [6.07, 6.45) is 2.12. The zero-order valence-corrected chi connectivity index (χ0v) is 11.3. The quantitative estimate of drug-likeness (QED) is 0.841. The fourth-order valence-electron chi connectivity index (χ4n) is 3.01. The smallest absolute Gasteiger partial charge is 0.298 e. The highest BCUT2D eigenvalue weighted by Gasteiger charge is 2.31. The van der Waals surface area contributed by atoms with Crippen LogP contribution in [0, 0.1) is 5.92 Å². The lowest BCUT2D eigenvalue weighted by Crippen LogP contribution is -2.38. The maximum atomic E-state index is 5.82. The Hall–Kier alpha value is -1.59. The van der Waals surface area contributed by atoms with Crippen molar-refractivity contribution >= 4 is 17.1 Å². The van der Waals surface area contributed by atoms with E-state index >= 15 is 0 Å². The summed E-state index contributed by atoms with van der Waals surface area (Å²) >= 11 is 0. The van der Waals surface area contributed by atoms with Gasteiger partial charge in [0.25, 0.3) is 6.01 Å². The Morgan fingerprint density at radius 2 is 1.80 bits per heavy atom. The number of aromatic nitrogens is 1. The molecule has 0 atom stereocenters. The van der Waals surface area contributed by atoms with Gasteiger partial charge in [-0.2, -0.15) is 4.98 Å². The second-order valence-electron chi connectivity index (χ2n) is 5.40. The standard InChI is InChI=1S/C15H18N2O3/c1-2-4-13-12(3-1)16-15(20-13)17-7-5-11(6-8-17)14-18-9-10-19-14/h1-4,11,14H,5-10H2. The zero-order chi connectivity index (χ0) is 13.4. The third kappa shape index (κ3) is 2.17. The molecule has 0 amide bonds. The van der Waals surface area contributed by atoms with Crippen LogP contribution in [-0.2, 0) is 9.47 Å². The molecular formula is C15H18N2O3. The number of fused-ring (bicyclic) bond motifs is 1. The van der Waals surface area contributed by atoms with E-state index in [-0.39, 0.29) is 6.29 Å². The first-order valence-corrected chi connectivity index (χ1v) is 7.24. The number of nitrogens with zero attached hydrogens (tertiary/aromatic N) is 2. The minimum absolute atomic E-state index is 0.000724. The molecule has 5 heteroatoms. The first-order chi connectivity index (χ1) is 9.90. The number of anilines is 1. The van der Waals surface area contributed by atoms with Crippen LogP contribution in [-0.4, -0.2) is 37.6 Å². The SMILES string of the molecule is c1ccc2oc(N3CCC(C4OCCO4)CC3)nc2c1. The molecule has 0 saturated carbocycles. The molecule has 20 heavy (non-hydrogen) atoms. The Morgan fingerprint density at radius 3 is 2.55 bits per heavy atom. The molecular weight excluding hydrogens is 256 g/mol. The van der Waals surface area contributed by atoms with Crippen LogP contribution < -0.4 is 4.90 Å². The third-order valence-electron chi connectivity index (χ3n) is 4.13. The lowest BCUT2D eigenvalue weighted by Gasteiger charge is -2.32. The van der Waals surface area contributed by atoms with E-state index in [1.165, 1.54) is 0 Å². The molecule has 0 aliphatic carbocycles. The number of benzene rings is 1. The predicted molar refractivity (Wildman–Crippen MR) is 74.6 cm³/mol. The number of hydrogen-bond donors (Lipinski definition) is 0. The van der Waals surface area contributed by atoms with Gasteiger partial charge in [-0.1, -0.05) is 12.1 Å². The van der Waals surface area contributed by atoms with Crippen molar-refractivity contribution in [3.8, 4) is 0 Å². The summed E-state index contributed by atoms with van der Waals surface area (Å²) in [6, 6.07) is 8.63. The highest BCUT2D eigenvalue weighted by Crippen LogP contribution is 2.29. The van der Waals surface area contributed by atoms with E-state index < -0.39 is 0 Å². The second kappa shape index (κ2) is 5.07. The Kier molecular flexibility index (Phi) is 3.09. The van der Waals surface area contributed by atoms with Crippen LogP contribution in [0.2, 0.25) is 0 Å². The van der Waals surface area contributed by atoms with Crippen LogP contribution in [0.1, 0.15) is 12.8 Å². The summed E-state index contributed by atoms with van der Waals surface area (Å²) in [5.41, 5.74) is 1.78. The van der Waals surface area contributed by atoms with Crippen molar-refractivity contribution in [1.82, 2.24) is 4.98 Å². The van der Waals surface area contributed by atoms with Gasteiger partial charge in [0.05, 0.1) is 13.2 Å². The van der Waals surface area contributed by atoms with Gasteiger partial charge in [-0.15, -0.1) is 0 Å². The number of piperidine rings is 1. The highest BCUT2D eigenvalue weighted by molar-refractivity contribution is 5.74. The molecule has 1 aromatic carbocycles. The van der Waals surface area contributed by atoms with Gasteiger partial charge in [0.15, 0.2) is 11.9 Å². The fraction of sp³-hybridized carbons (Fsp3) is 0.533. The molecule has 2 fully saturated rings. The monoisotopic (exact) mass is 274 g/mol. The summed E-state index contributed by atoms with van der Waals surface area (Å²) in [5.74, 6) is 0.498. The average molecular weight is 274 g/mol. The van der Waals surface area contributed by atoms with Gasteiger partial charge < -0.3 is 18.8 Å². The van der Waals surface area contributed by atoms with E-state index in [2.05, 4.69) is 9.88 Å². The van der Waals surface area contributed by atoms with Crippen molar-refractivity contribution < 1.29 is 13.9 Å². The lowest BCUT2D eigenvalue weighted by atomic mass is 9.96. The Bertz CT molecular complexity index is 551. The van der Waals surface area contributed by atoms with E-state index in [9.17, 15) is 0 Å². The lowest BCUT2D eigenvalue weighted by molar-refractivity contribution is -0.0890. The molecule has 2 aromatic rings. The first-order valence-electron chi connectivity index (χ1n) is 7.24. The summed E-state index contributed by atoms with van der Waals surface area (Å²) in [4.78, 5) is 6.77. The maximum absolute atomic E-state index is 5.82. The van der Waals surface area contributed by atoms with Crippen LogP contribution in [0.3, 0.4) is 0 Å². The molecule has 5 nitrogen and oxygen atoms in total. The molecule has 2 aliphatic heterocycles. The van der Waals surface area contributed by atoms with Crippen LogP contribution >= 0.6 is 0 Å². The van der Waals surface area contributed by atoms with Crippen molar-refractivity contribution in [2.24, 2.45) is 5.92 Å². The number of hydrogen-bond acceptors (Lipinski definition) is 5. The van der Waals surface area contributed by atoms with Crippen LogP contribution in [0.15, 0.2) is 28.7 Å². The number of rotatable bonds is 2. The van der Waals surface area contributed by atoms with E-state index in [4.69, 9.17) is 13.9 Å². The van der Waals surface area contributed by atoms with Gasteiger partial charge in [0.1, 0.15) is 5.52 Å². The number of para-hydroxylation sites is 2. The van der Waals surface area contributed by atoms with Gasteiger partial charge in [0, 0.05) is 19.0 Å². The van der Waals surface area contributed by atoms with E-state index in [1.54, 1.807) is 0 Å². The van der Waals surface area contributed by atoms with Gasteiger partial charge in [0.2, 0.25) is 0 Å². The molecule has 0 radical (unpaired) electrons. The van der Waals surface area contributed by atoms with Crippen molar-refractivity contribution in [1.29, 1.82) is 0 Å². The molecule has 0 N–H and O–H groups in total. The average Bonchev–Trinajstić information content (AvgIpc) is 3.17. The fourth-order valence-corrected chi connectivity index (χ4v) is 3.01. The molecule has 2 aliphatic rings. The van der Waals surface area contributed by atoms with Crippen LogP contribution in [0.4, 0.5) is 6.01 Å². The third-order valence-corrected chi connectivity index (χ3v) is 4.13. The summed E-state index contributed by atoms with van der Waals surface area (Å²) < 4.78 is 17.0. The second-order valence-corrected chi connectivity index (χ2v) is 5.40. The Morgan fingerprint density at radius 1 is 1.05 bits per heavy atom. The molecule has 3 heterocycles.